The van der Waals surface area contributed by atoms with Gasteiger partial charge in [-0.05, 0) is 0 Å². The molecule has 1 aromatic rings. The Hall–Kier alpha value is -0.0913. The van der Waals surface area contributed by atoms with Crippen molar-refractivity contribution < 1.29 is 4.39 Å². The molecule has 0 spiro atoms. The Kier molecular flexibility index (Phi) is 3.95. The van der Waals surface area contributed by atoms with Crippen LogP contribution >= 0.6 is 0 Å². The molecule has 0 radical (unpaired) electrons. The first-order chi connectivity index (χ1) is 6.45. The van der Waals surface area contributed by atoms with Crippen LogP contribution in [0.1, 0.15) is 5.56 Å². The summed E-state index contributed by atoms with van der Waals surface area (Å²) in [5.74, 6) is -0.116. The van der Waals surface area contributed by atoms with E-state index in [2.05, 4.69) is 14.8 Å². The zero-order valence-corrected chi connectivity index (χ0v) is 12.0. The molecular formula is C11H18FNSn. The second-order valence-corrected chi connectivity index (χ2v) is 19.1. The molecule has 0 bridgehead atoms. The van der Waals surface area contributed by atoms with Gasteiger partial charge in [0.25, 0.3) is 0 Å². The SMILES string of the molecule is [CH3][Sn]([CH3])([CH3])[c]1ccc(F)c(CCN)c1. The molecule has 0 amide bonds. The number of hydrogen-bond donors (Lipinski definition) is 1. The summed E-state index contributed by atoms with van der Waals surface area (Å²) in [6, 6.07) is 5.53. The molecule has 1 rings (SSSR count). The molecule has 0 aliphatic carbocycles. The van der Waals surface area contributed by atoms with Crippen LogP contribution in [0.5, 0.6) is 0 Å². The average molecular weight is 302 g/mol. The molecule has 0 unspecified atom stereocenters. The third kappa shape index (κ3) is 2.95. The summed E-state index contributed by atoms with van der Waals surface area (Å²) < 4.78 is 14.7. The number of benzene rings is 1. The van der Waals surface area contributed by atoms with Gasteiger partial charge in [0.15, 0.2) is 0 Å². The van der Waals surface area contributed by atoms with Crippen molar-refractivity contribution >= 4 is 22.0 Å². The number of hydrogen-bond acceptors (Lipinski definition) is 1. The molecule has 14 heavy (non-hydrogen) atoms. The molecule has 0 fully saturated rings. The first-order valence-electron chi connectivity index (χ1n) is 4.94. The first kappa shape index (κ1) is 12.0. The van der Waals surface area contributed by atoms with Crippen LogP contribution in [0.25, 0.3) is 0 Å². The van der Waals surface area contributed by atoms with Crippen LogP contribution in [-0.2, 0) is 6.42 Å². The van der Waals surface area contributed by atoms with E-state index in [-0.39, 0.29) is 5.82 Å². The number of halogens is 1. The summed E-state index contributed by atoms with van der Waals surface area (Å²) in [7, 11) is 0. The Labute approximate surface area is 89.4 Å². The van der Waals surface area contributed by atoms with Crippen LogP contribution < -0.4 is 9.31 Å². The Balaban J connectivity index is 3.06. The summed E-state index contributed by atoms with van der Waals surface area (Å²) in [5.41, 5.74) is 6.21. The third-order valence-corrected chi connectivity index (χ3v) is 8.16. The van der Waals surface area contributed by atoms with E-state index >= 15 is 0 Å². The molecule has 0 heterocycles. The zero-order chi connectivity index (χ0) is 10.8. The van der Waals surface area contributed by atoms with Crippen LogP contribution in [-0.4, -0.2) is 24.9 Å². The van der Waals surface area contributed by atoms with Gasteiger partial charge >= 0.3 is 89.4 Å². The van der Waals surface area contributed by atoms with Crippen molar-refractivity contribution in [3.8, 4) is 0 Å². The average Bonchev–Trinajstić information content (AvgIpc) is 2.07. The van der Waals surface area contributed by atoms with Gasteiger partial charge in [-0.25, -0.2) is 0 Å². The van der Waals surface area contributed by atoms with Gasteiger partial charge in [-0.1, -0.05) is 0 Å². The van der Waals surface area contributed by atoms with Gasteiger partial charge in [0.1, 0.15) is 0 Å². The number of nitrogens with two attached hydrogens (primary N) is 1. The molecule has 0 aromatic heterocycles. The van der Waals surface area contributed by atoms with E-state index in [0.29, 0.717) is 13.0 Å². The molecule has 2 N–H and O–H groups in total. The van der Waals surface area contributed by atoms with Crippen LogP contribution in [0.3, 0.4) is 0 Å². The van der Waals surface area contributed by atoms with E-state index in [1.54, 1.807) is 6.07 Å². The predicted molar refractivity (Wildman–Crippen MR) is 62.1 cm³/mol. The Morgan fingerprint density at radius 2 is 1.93 bits per heavy atom. The van der Waals surface area contributed by atoms with E-state index in [4.69, 9.17) is 5.73 Å². The van der Waals surface area contributed by atoms with Crippen LogP contribution in [0.15, 0.2) is 18.2 Å². The molecule has 1 nitrogen and oxygen atoms in total. The fourth-order valence-corrected chi connectivity index (χ4v) is 4.79. The van der Waals surface area contributed by atoms with Crippen LogP contribution in [0.4, 0.5) is 4.39 Å². The maximum absolute atomic E-state index is 13.3. The minimum absolute atomic E-state index is 0.116. The second kappa shape index (κ2) is 4.62. The topological polar surface area (TPSA) is 26.0 Å². The quantitative estimate of drug-likeness (QED) is 0.848. The van der Waals surface area contributed by atoms with Crippen molar-refractivity contribution in [2.24, 2.45) is 5.73 Å². The molecule has 0 saturated heterocycles. The van der Waals surface area contributed by atoms with Crippen molar-refractivity contribution in [1.82, 2.24) is 0 Å². The van der Waals surface area contributed by atoms with E-state index in [1.165, 1.54) is 3.58 Å². The number of rotatable bonds is 3. The van der Waals surface area contributed by atoms with E-state index in [1.807, 2.05) is 12.1 Å². The molecule has 78 valence electrons. The summed E-state index contributed by atoms with van der Waals surface area (Å²) in [5, 5.41) is 0. The zero-order valence-electron chi connectivity index (χ0n) is 9.10. The predicted octanol–water partition coefficient (Wildman–Crippen LogP) is 1.87. The van der Waals surface area contributed by atoms with Crippen LogP contribution in [0.2, 0.25) is 14.8 Å². The van der Waals surface area contributed by atoms with Crippen molar-refractivity contribution in [1.29, 1.82) is 0 Å². The third-order valence-electron chi connectivity index (χ3n) is 2.33. The standard InChI is InChI=1S/C8H9FN.3CH3.Sn/c9-8-4-2-1-3-7(8)5-6-10;;;;/h2-4H,5-6,10H2;3*1H3;. The first-order valence-corrected chi connectivity index (χ1v) is 14.9. The molecule has 0 aliphatic heterocycles. The second-order valence-electron chi connectivity index (χ2n) is 4.59. The fourth-order valence-electron chi connectivity index (χ4n) is 1.39. The summed E-state index contributed by atoms with van der Waals surface area (Å²) in [4.78, 5) is 6.98. The molecular weight excluding hydrogens is 284 g/mol. The minimum atomic E-state index is -2.04. The van der Waals surface area contributed by atoms with Crippen molar-refractivity contribution in [2.75, 3.05) is 6.54 Å². The molecule has 0 atom stereocenters. The van der Waals surface area contributed by atoms with Crippen molar-refractivity contribution in [3.63, 3.8) is 0 Å². The Bertz CT molecular complexity index is 318. The van der Waals surface area contributed by atoms with Gasteiger partial charge in [0.05, 0.1) is 0 Å². The molecule has 0 saturated carbocycles. The summed E-state index contributed by atoms with van der Waals surface area (Å²) >= 11 is -2.04. The molecule has 0 aliphatic rings. The van der Waals surface area contributed by atoms with E-state index in [9.17, 15) is 4.39 Å². The van der Waals surface area contributed by atoms with E-state index in [0.717, 1.165) is 5.56 Å². The summed E-state index contributed by atoms with van der Waals surface area (Å²) in [6.07, 6.45) is 0.640. The summed E-state index contributed by atoms with van der Waals surface area (Å²) in [6.45, 7) is 0.514. The Morgan fingerprint density at radius 1 is 1.29 bits per heavy atom. The van der Waals surface area contributed by atoms with Gasteiger partial charge < -0.3 is 0 Å². The van der Waals surface area contributed by atoms with E-state index < -0.39 is 18.4 Å². The monoisotopic (exact) mass is 303 g/mol. The fraction of sp³-hybridized carbons (Fsp3) is 0.455. The normalized spacial score (nSPS) is 11.8. The van der Waals surface area contributed by atoms with Crippen molar-refractivity contribution in [2.45, 2.75) is 21.2 Å². The van der Waals surface area contributed by atoms with Gasteiger partial charge in [-0.15, -0.1) is 0 Å². The van der Waals surface area contributed by atoms with Gasteiger partial charge in [0.2, 0.25) is 0 Å². The van der Waals surface area contributed by atoms with Crippen molar-refractivity contribution in [3.05, 3.63) is 29.6 Å². The maximum atomic E-state index is 13.3. The Morgan fingerprint density at radius 3 is 2.43 bits per heavy atom. The van der Waals surface area contributed by atoms with Gasteiger partial charge in [-0.3, -0.25) is 0 Å². The van der Waals surface area contributed by atoms with Crippen LogP contribution in [0, 0.1) is 5.82 Å². The molecule has 3 heteroatoms. The van der Waals surface area contributed by atoms with Gasteiger partial charge in [-0.2, -0.15) is 0 Å². The molecule has 1 aromatic carbocycles. The van der Waals surface area contributed by atoms with Gasteiger partial charge in [0, 0.05) is 0 Å².